The fourth-order valence-corrected chi connectivity index (χ4v) is 5.21. The monoisotopic (exact) mass is 533 g/mol. The molecule has 2 aromatic heterocycles. The molecular formula is C28H31N5O4S. The molecule has 0 fully saturated rings. The van der Waals surface area contributed by atoms with Crippen LogP contribution in [0.15, 0.2) is 55.0 Å². The maximum Gasteiger partial charge on any atom is 0.341 e. The van der Waals surface area contributed by atoms with Crippen molar-refractivity contribution < 1.29 is 19.1 Å². The van der Waals surface area contributed by atoms with Gasteiger partial charge >= 0.3 is 12.0 Å². The smallest absolute Gasteiger partial charge is 0.341 e. The Morgan fingerprint density at radius 3 is 2.42 bits per heavy atom. The van der Waals surface area contributed by atoms with E-state index in [1.807, 2.05) is 86.1 Å². The summed E-state index contributed by atoms with van der Waals surface area (Å²) >= 11 is 1.31. The maximum atomic E-state index is 12.9. The van der Waals surface area contributed by atoms with E-state index < -0.39 is 12.0 Å². The normalized spacial score (nSPS) is 10.7. The molecule has 0 saturated heterocycles. The summed E-state index contributed by atoms with van der Waals surface area (Å²) in [5, 5.41) is 6.08. The highest BCUT2D eigenvalue weighted by Crippen LogP contribution is 2.42. The summed E-state index contributed by atoms with van der Waals surface area (Å²) in [7, 11) is 5.51. The molecule has 0 bridgehead atoms. The molecule has 0 aliphatic rings. The van der Waals surface area contributed by atoms with E-state index in [1.165, 1.54) is 11.3 Å². The number of urea groups is 1. The Balaban J connectivity index is 1.66. The standard InChI is InChI=1S/C28H31N5O4S/c1-7-37-27(34)24-18(3)25(19-8-13-22(23(14-19)36-6)33-15-17(2)29-16-33)38-26(24)31-28(35)30-20-9-11-21(12-10-20)32(4)5/h8-16H,7H2,1-6H3,(H2,30,31,35). The molecule has 4 aromatic rings. The van der Waals surface area contributed by atoms with E-state index in [0.717, 1.165) is 27.5 Å². The lowest BCUT2D eigenvalue weighted by Crippen LogP contribution is -2.20. The largest absolute Gasteiger partial charge is 0.495 e. The van der Waals surface area contributed by atoms with Crippen molar-refractivity contribution in [2.24, 2.45) is 0 Å². The number of imidazole rings is 1. The molecule has 4 rings (SSSR count). The number of carbonyl (C=O) groups excluding carboxylic acids is 2. The number of nitrogens with one attached hydrogen (secondary N) is 2. The van der Waals surface area contributed by atoms with Crippen molar-refractivity contribution in [3.8, 4) is 21.9 Å². The van der Waals surface area contributed by atoms with Crippen molar-refractivity contribution in [3.05, 3.63) is 71.8 Å². The van der Waals surface area contributed by atoms with Crippen LogP contribution >= 0.6 is 11.3 Å². The summed E-state index contributed by atoms with van der Waals surface area (Å²) in [4.78, 5) is 32.9. The zero-order valence-electron chi connectivity index (χ0n) is 22.3. The summed E-state index contributed by atoms with van der Waals surface area (Å²) in [6.07, 6.45) is 3.65. The first-order valence-corrected chi connectivity index (χ1v) is 12.9. The van der Waals surface area contributed by atoms with Gasteiger partial charge in [0.05, 0.1) is 37.0 Å². The summed E-state index contributed by atoms with van der Waals surface area (Å²) in [6, 6.07) is 12.8. The summed E-state index contributed by atoms with van der Waals surface area (Å²) in [5.74, 6) is 0.161. The Bertz CT molecular complexity index is 1460. The van der Waals surface area contributed by atoms with Crippen LogP contribution in [-0.2, 0) is 4.74 Å². The van der Waals surface area contributed by atoms with Gasteiger partial charge in [0.1, 0.15) is 10.8 Å². The van der Waals surface area contributed by atoms with E-state index in [4.69, 9.17) is 9.47 Å². The fraction of sp³-hybridized carbons (Fsp3) is 0.250. The van der Waals surface area contributed by atoms with Crippen molar-refractivity contribution in [2.75, 3.05) is 43.3 Å². The number of carbonyl (C=O) groups is 2. The lowest BCUT2D eigenvalue weighted by atomic mass is 10.1. The minimum atomic E-state index is -0.490. The van der Waals surface area contributed by atoms with E-state index in [1.54, 1.807) is 20.4 Å². The first-order valence-electron chi connectivity index (χ1n) is 12.1. The molecule has 38 heavy (non-hydrogen) atoms. The zero-order chi connectivity index (χ0) is 27.4. The highest BCUT2D eigenvalue weighted by atomic mass is 32.1. The molecule has 0 unspecified atom stereocenters. The molecule has 9 nitrogen and oxygen atoms in total. The van der Waals surface area contributed by atoms with Gasteiger partial charge in [0, 0.05) is 36.5 Å². The van der Waals surface area contributed by atoms with Crippen LogP contribution in [0.3, 0.4) is 0 Å². The number of benzene rings is 2. The number of ether oxygens (including phenoxy) is 2. The number of thiophene rings is 1. The summed E-state index contributed by atoms with van der Waals surface area (Å²) in [6.45, 7) is 5.74. The van der Waals surface area contributed by atoms with Crippen LogP contribution in [0.4, 0.5) is 21.2 Å². The second-order valence-electron chi connectivity index (χ2n) is 8.81. The number of esters is 1. The Labute approximate surface area is 226 Å². The molecule has 2 amide bonds. The zero-order valence-corrected chi connectivity index (χ0v) is 23.1. The molecule has 2 aromatic carbocycles. The highest BCUT2D eigenvalue weighted by molar-refractivity contribution is 7.20. The lowest BCUT2D eigenvalue weighted by Gasteiger charge is -2.13. The molecule has 2 N–H and O–H groups in total. The van der Waals surface area contributed by atoms with Gasteiger partial charge in [0.2, 0.25) is 0 Å². The fourth-order valence-electron chi connectivity index (χ4n) is 4.02. The third kappa shape index (κ3) is 5.65. The van der Waals surface area contributed by atoms with Crippen LogP contribution in [0.25, 0.3) is 16.1 Å². The molecule has 0 radical (unpaired) electrons. The summed E-state index contributed by atoms with van der Waals surface area (Å²) in [5.41, 5.74) is 5.29. The SMILES string of the molecule is CCOC(=O)c1c(NC(=O)Nc2ccc(N(C)C)cc2)sc(-c2ccc(-n3cnc(C)c3)c(OC)c2)c1C. The lowest BCUT2D eigenvalue weighted by molar-refractivity contribution is 0.0527. The number of aryl methyl sites for hydroxylation is 1. The minimum absolute atomic E-state index is 0.222. The molecule has 0 spiro atoms. The quantitative estimate of drug-likeness (QED) is 0.265. The maximum absolute atomic E-state index is 12.9. The highest BCUT2D eigenvalue weighted by Gasteiger charge is 2.25. The predicted molar refractivity (Wildman–Crippen MR) is 152 cm³/mol. The van der Waals surface area contributed by atoms with Crippen molar-refractivity contribution >= 4 is 39.7 Å². The van der Waals surface area contributed by atoms with Gasteiger partial charge in [-0.15, -0.1) is 11.3 Å². The van der Waals surface area contributed by atoms with Gasteiger partial charge < -0.3 is 24.3 Å². The predicted octanol–water partition coefficient (Wildman–Crippen LogP) is 6.11. The second kappa shape index (κ2) is 11.4. The molecule has 2 heterocycles. The number of anilines is 3. The minimum Gasteiger partial charge on any atom is -0.495 e. The Morgan fingerprint density at radius 1 is 1.08 bits per heavy atom. The Hall–Kier alpha value is -4.31. The first kappa shape index (κ1) is 26.7. The molecule has 0 aliphatic carbocycles. The number of amides is 2. The number of methoxy groups -OCH3 is 1. The first-order chi connectivity index (χ1) is 18.2. The van der Waals surface area contributed by atoms with Crippen LogP contribution in [0.1, 0.15) is 28.5 Å². The van der Waals surface area contributed by atoms with Crippen molar-refractivity contribution in [1.82, 2.24) is 9.55 Å². The van der Waals surface area contributed by atoms with E-state index in [9.17, 15) is 9.59 Å². The van der Waals surface area contributed by atoms with Crippen molar-refractivity contribution in [1.29, 1.82) is 0 Å². The van der Waals surface area contributed by atoms with Crippen LogP contribution in [-0.4, -0.2) is 49.4 Å². The van der Waals surface area contributed by atoms with Gasteiger partial charge in [-0.05, 0) is 68.3 Å². The second-order valence-corrected chi connectivity index (χ2v) is 9.83. The van der Waals surface area contributed by atoms with Crippen molar-refractivity contribution in [2.45, 2.75) is 20.8 Å². The van der Waals surface area contributed by atoms with E-state index >= 15 is 0 Å². The topological polar surface area (TPSA) is 97.7 Å². The Morgan fingerprint density at radius 2 is 1.82 bits per heavy atom. The van der Waals surface area contributed by atoms with Gasteiger partial charge in [-0.25, -0.2) is 14.6 Å². The molecule has 0 saturated carbocycles. The van der Waals surface area contributed by atoms with Gasteiger partial charge in [0.15, 0.2) is 0 Å². The third-order valence-electron chi connectivity index (χ3n) is 5.93. The summed E-state index contributed by atoms with van der Waals surface area (Å²) < 4.78 is 12.9. The molecule has 10 heteroatoms. The third-order valence-corrected chi connectivity index (χ3v) is 7.18. The van der Waals surface area contributed by atoms with Gasteiger partial charge in [0.25, 0.3) is 0 Å². The number of aromatic nitrogens is 2. The Kier molecular flexibility index (Phi) is 8.02. The van der Waals surface area contributed by atoms with Gasteiger partial charge in [-0.2, -0.15) is 0 Å². The van der Waals surface area contributed by atoms with Crippen molar-refractivity contribution in [3.63, 3.8) is 0 Å². The van der Waals surface area contributed by atoms with E-state index in [2.05, 4.69) is 15.6 Å². The van der Waals surface area contributed by atoms with Gasteiger partial charge in [-0.1, -0.05) is 6.07 Å². The molecular weight excluding hydrogens is 502 g/mol. The van der Waals surface area contributed by atoms with Crippen LogP contribution in [0, 0.1) is 13.8 Å². The van der Waals surface area contributed by atoms with Crippen LogP contribution in [0.5, 0.6) is 5.75 Å². The van der Waals surface area contributed by atoms with E-state index in [0.29, 0.717) is 27.6 Å². The number of nitrogens with zero attached hydrogens (tertiary/aromatic N) is 3. The average Bonchev–Trinajstić information content (AvgIpc) is 3.46. The number of hydrogen-bond donors (Lipinski definition) is 2. The van der Waals surface area contributed by atoms with Gasteiger partial charge in [-0.3, -0.25) is 5.32 Å². The van der Waals surface area contributed by atoms with Crippen LogP contribution in [0.2, 0.25) is 0 Å². The molecule has 0 atom stereocenters. The molecule has 0 aliphatic heterocycles. The van der Waals surface area contributed by atoms with Crippen LogP contribution < -0.4 is 20.3 Å². The molecule has 198 valence electrons. The van der Waals surface area contributed by atoms with E-state index in [-0.39, 0.29) is 6.61 Å². The number of rotatable bonds is 8. The average molecular weight is 534 g/mol. The number of hydrogen-bond acceptors (Lipinski definition) is 7.